The quantitative estimate of drug-likeness (QED) is 0.837. The molecule has 0 spiro atoms. The summed E-state index contributed by atoms with van der Waals surface area (Å²) < 4.78 is 17.9. The molecule has 1 heterocycles. The summed E-state index contributed by atoms with van der Waals surface area (Å²) >= 11 is 0. The average Bonchev–Trinajstić information content (AvgIpc) is 2.81. The molecule has 106 valence electrons. The third kappa shape index (κ3) is 2.47. The molecule has 1 unspecified atom stereocenters. The number of carboxylic acids is 1. The van der Waals surface area contributed by atoms with Crippen LogP contribution in [0.3, 0.4) is 0 Å². The predicted molar refractivity (Wildman–Crippen MR) is 65.8 cm³/mol. The van der Waals surface area contributed by atoms with Gasteiger partial charge >= 0.3 is 11.9 Å². The molecule has 1 aromatic rings. The molecule has 0 bridgehead atoms. The summed E-state index contributed by atoms with van der Waals surface area (Å²) in [4.78, 5) is 35.3. The molecule has 1 aliphatic heterocycles. The van der Waals surface area contributed by atoms with E-state index >= 15 is 0 Å². The van der Waals surface area contributed by atoms with Crippen molar-refractivity contribution >= 4 is 23.5 Å². The lowest BCUT2D eigenvalue weighted by Gasteiger charge is -2.17. The summed E-state index contributed by atoms with van der Waals surface area (Å²) in [5, 5.41) is 8.91. The van der Waals surface area contributed by atoms with E-state index in [1.165, 1.54) is 17.0 Å². The Kier molecular flexibility index (Phi) is 3.69. The Morgan fingerprint density at radius 2 is 2.15 bits per heavy atom. The van der Waals surface area contributed by atoms with E-state index in [1.807, 2.05) is 0 Å². The number of carbonyl (C=O) groups is 3. The molecule has 1 aliphatic rings. The van der Waals surface area contributed by atoms with E-state index in [2.05, 4.69) is 4.74 Å². The van der Waals surface area contributed by atoms with Crippen LogP contribution >= 0.6 is 0 Å². The van der Waals surface area contributed by atoms with Crippen LogP contribution in [0.25, 0.3) is 0 Å². The third-order valence-electron chi connectivity index (χ3n) is 3.14. The number of benzene rings is 1. The van der Waals surface area contributed by atoms with Crippen LogP contribution in [0, 0.1) is 11.7 Å². The molecule has 0 radical (unpaired) electrons. The van der Waals surface area contributed by atoms with Gasteiger partial charge in [0.2, 0.25) is 5.91 Å². The fourth-order valence-corrected chi connectivity index (χ4v) is 2.07. The van der Waals surface area contributed by atoms with E-state index in [1.54, 1.807) is 0 Å². The second-order valence-corrected chi connectivity index (χ2v) is 4.40. The molecule has 6 nitrogen and oxygen atoms in total. The molecule has 1 N–H and O–H groups in total. The van der Waals surface area contributed by atoms with Crippen molar-refractivity contribution in [2.75, 3.05) is 18.6 Å². The number of ether oxygens (including phenoxy) is 1. The number of nitrogens with zero attached hydrogens (tertiary/aromatic N) is 1. The topological polar surface area (TPSA) is 83.9 Å². The molecule has 0 aromatic heterocycles. The van der Waals surface area contributed by atoms with Gasteiger partial charge in [-0.3, -0.25) is 9.59 Å². The molecule has 2 rings (SSSR count). The van der Waals surface area contributed by atoms with Gasteiger partial charge in [-0.15, -0.1) is 0 Å². The van der Waals surface area contributed by atoms with Gasteiger partial charge in [0.15, 0.2) is 0 Å². The minimum absolute atomic E-state index is 0.000408. The smallest absolute Gasteiger partial charge is 0.340 e. The maximum Gasteiger partial charge on any atom is 0.340 e. The van der Waals surface area contributed by atoms with Crippen molar-refractivity contribution in [1.82, 2.24) is 0 Å². The van der Waals surface area contributed by atoms with Crippen LogP contribution in [-0.2, 0) is 14.3 Å². The number of halogens is 1. The summed E-state index contributed by atoms with van der Waals surface area (Å²) in [6.07, 6.45) is -0.111. The fourth-order valence-electron chi connectivity index (χ4n) is 2.07. The number of carboxylic acid groups (broad SMARTS) is 1. The Morgan fingerprint density at radius 1 is 1.45 bits per heavy atom. The summed E-state index contributed by atoms with van der Waals surface area (Å²) in [7, 11) is 1.12. The molecular weight excluding hydrogens is 269 g/mol. The van der Waals surface area contributed by atoms with Crippen molar-refractivity contribution in [2.45, 2.75) is 6.42 Å². The maximum atomic E-state index is 13.5. The monoisotopic (exact) mass is 281 g/mol. The lowest BCUT2D eigenvalue weighted by molar-refractivity contribution is -0.141. The zero-order valence-electron chi connectivity index (χ0n) is 10.6. The van der Waals surface area contributed by atoms with Gasteiger partial charge in [-0.1, -0.05) is 0 Å². The average molecular weight is 281 g/mol. The first-order valence-corrected chi connectivity index (χ1v) is 5.85. The number of rotatable bonds is 3. The van der Waals surface area contributed by atoms with Crippen LogP contribution < -0.4 is 4.90 Å². The first kappa shape index (κ1) is 14.0. The van der Waals surface area contributed by atoms with Gasteiger partial charge < -0.3 is 14.7 Å². The molecule has 0 aliphatic carbocycles. The normalized spacial score (nSPS) is 18.2. The number of amides is 1. The fraction of sp³-hybridized carbons (Fsp3) is 0.308. The number of aliphatic carboxylic acids is 1. The highest BCUT2D eigenvalue weighted by Gasteiger charge is 2.35. The van der Waals surface area contributed by atoms with Crippen LogP contribution in [0.1, 0.15) is 16.8 Å². The zero-order chi connectivity index (χ0) is 14.9. The third-order valence-corrected chi connectivity index (χ3v) is 3.14. The highest BCUT2D eigenvalue weighted by atomic mass is 19.1. The van der Waals surface area contributed by atoms with Gasteiger partial charge in [0.25, 0.3) is 0 Å². The molecule has 7 heteroatoms. The van der Waals surface area contributed by atoms with E-state index in [9.17, 15) is 18.8 Å². The first-order chi connectivity index (χ1) is 9.43. The second-order valence-electron chi connectivity index (χ2n) is 4.40. The SMILES string of the molecule is COC(=O)c1cc(N2CC(C(=O)O)CC2=O)ccc1F. The number of carbonyl (C=O) groups excluding carboxylic acids is 2. The lowest BCUT2D eigenvalue weighted by Crippen LogP contribution is -2.26. The molecule has 0 saturated carbocycles. The van der Waals surface area contributed by atoms with Gasteiger partial charge in [-0.25, -0.2) is 9.18 Å². The number of hydrogen-bond acceptors (Lipinski definition) is 4. The van der Waals surface area contributed by atoms with Crippen LogP contribution in [0.15, 0.2) is 18.2 Å². The van der Waals surface area contributed by atoms with Crippen LogP contribution in [0.4, 0.5) is 10.1 Å². The number of esters is 1. The Morgan fingerprint density at radius 3 is 2.70 bits per heavy atom. The van der Waals surface area contributed by atoms with Gasteiger partial charge in [-0.05, 0) is 18.2 Å². The van der Waals surface area contributed by atoms with Crippen LogP contribution in [0.5, 0.6) is 0 Å². The van der Waals surface area contributed by atoms with Crippen LogP contribution in [-0.4, -0.2) is 36.6 Å². The lowest BCUT2D eigenvalue weighted by atomic mass is 10.1. The van der Waals surface area contributed by atoms with Crippen molar-refractivity contribution in [3.05, 3.63) is 29.6 Å². The Balaban J connectivity index is 2.32. The predicted octanol–water partition coefficient (Wildman–Crippen LogP) is 1.05. The Bertz CT molecular complexity index is 586. The number of hydrogen-bond donors (Lipinski definition) is 1. The van der Waals surface area contributed by atoms with Crippen molar-refractivity contribution in [1.29, 1.82) is 0 Å². The standard InChI is InChI=1S/C13H12FNO5/c1-20-13(19)9-5-8(2-3-10(9)14)15-6-7(12(17)18)4-11(15)16/h2-3,5,7H,4,6H2,1H3,(H,17,18). The van der Waals surface area contributed by atoms with Gasteiger partial charge in [0.1, 0.15) is 5.82 Å². The van der Waals surface area contributed by atoms with E-state index < -0.39 is 23.7 Å². The summed E-state index contributed by atoms with van der Waals surface area (Å²) in [5.41, 5.74) is -0.0166. The Labute approximate surface area is 113 Å². The van der Waals surface area contributed by atoms with E-state index in [-0.39, 0.29) is 30.1 Å². The number of anilines is 1. The van der Waals surface area contributed by atoms with Crippen molar-refractivity contribution < 1.29 is 28.6 Å². The van der Waals surface area contributed by atoms with E-state index in [4.69, 9.17) is 5.11 Å². The molecular formula is C13H12FNO5. The van der Waals surface area contributed by atoms with Crippen molar-refractivity contribution in [2.24, 2.45) is 5.92 Å². The van der Waals surface area contributed by atoms with Gasteiger partial charge in [0, 0.05) is 18.7 Å². The summed E-state index contributed by atoms with van der Waals surface area (Å²) in [6.45, 7) is 0.000408. The summed E-state index contributed by atoms with van der Waals surface area (Å²) in [6, 6.07) is 3.55. The second kappa shape index (κ2) is 5.28. The van der Waals surface area contributed by atoms with Gasteiger partial charge in [-0.2, -0.15) is 0 Å². The van der Waals surface area contributed by atoms with Crippen LogP contribution in [0.2, 0.25) is 0 Å². The molecule has 1 fully saturated rings. The van der Waals surface area contributed by atoms with Gasteiger partial charge in [0.05, 0.1) is 18.6 Å². The highest BCUT2D eigenvalue weighted by molar-refractivity contribution is 6.00. The Hall–Kier alpha value is -2.44. The van der Waals surface area contributed by atoms with E-state index in [0.717, 1.165) is 13.2 Å². The molecule has 1 saturated heterocycles. The molecule has 1 atom stereocenters. The zero-order valence-corrected chi connectivity index (χ0v) is 10.6. The molecule has 1 aromatic carbocycles. The number of methoxy groups -OCH3 is 1. The van der Waals surface area contributed by atoms with E-state index in [0.29, 0.717) is 0 Å². The minimum Gasteiger partial charge on any atom is -0.481 e. The largest absolute Gasteiger partial charge is 0.481 e. The first-order valence-electron chi connectivity index (χ1n) is 5.85. The highest BCUT2D eigenvalue weighted by Crippen LogP contribution is 2.27. The minimum atomic E-state index is -1.06. The van der Waals surface area contributed by atoms with Crippen molar-refractivity contribution in [3.8, 4) is 0 Å². The molecule has 1 amide bonds. The van der Waals surface area contributed by atoms with Crippen molar-refractivity contribution in [3.63, 3.8) is 0 Å². The molecule has 20 heavy (non-hydrogen) atoms. The maximum absolute atomic E-state index is 13.5. The summed E-state index contributed by atoms with van der Waals surface area (Å²) in [5.74, 6) is -3.85.